The molecule has 1 unspecified atom stereocenters. The Morgan fingerprint density at radius 2 is 2.36 bits per heavy atom. The Hall–Kier alpha value is -2.26. The third-order valence-electron chi connectivity index (χ3n) is 4.05. The Morgan fingerprint density at radius 3 is 3.05 bits per heavy atom. The van der Waals surface area contributed by atoms with Crippen molar-refractivity contribution in [2.45, 2.75) is 25.8 Å². The average Bonchev–Trinajstić information content (AvgIpc) is 3.00. The molecule has 6 heteroatoms. The van der Waals surface area contributed by atoms with Crippen molar-refractivity contribution >= 4 is 11.6 Å². The number of hydrogen-bond donors (Lipinski definition) is 2. The summed E-state index contributed by atoms with van der Waals surface area (Å²) in [5.41, 5.74) is 1.01. The second-order valence-corrected chi connectivity index (χ2v) is 5.29. The molecule has 1 aliphatic heterocycles. The predicted octanol–water partition coefficient (Wildman–Crippen LogP) is 1.80. The number of carbonyl (C=O) groups excluding carboxylic acids is 1. The minimum absolute atomic E-state index is 0.179. The van der Waals surface area contributed by atoms with Gasteiger partial charge < -0.3 is 10.1 Å². The highest BCUT2D eigenvalue weighted by Gasteiger charge is 2.24. The van der Waals surface area contributed by atoms with Crippen molar-refractivity contribution in [1.29, 1.82) is 5.26 Å². The smallest absolute Gasteiger partial charge is 0.255 e. The summed E-state index contributed by atoms with van der Waals surface area (Å²) in [6.07, 6.45) is 4.14. The van der Waals surface area contributed by atoms with Gasteiger partial charge in [0.1, 0.15) is 5.75 Å². The maximum absolute atomic E-state index is 12.4. The van der Waals surface area contributed by atoms with E-state index in [0.717, 1.165) is 19.5 Å². The van der Waals surface area contributed by atoms with E-state index in [4.69, 9.17) is 10.00 Å². The van der Waals surface area contributed by atoms with E-state index in [-0.39, 0.29) is 5.91 Å². The fraction of sp³-hybridized carbons (Fsp3) is 0.500. The number of likely N-dealkylation sites (N-methyl/N-ethyl adjacent to an activating group) is 1. The van der Waals surface area contributed by atoms with Crippen LogP contribution in [0.3, 0.4) is 0 Å². The van der Waals surface area contributed by atoms with Crippen LogP contribution in [0.1, 0.15) is 30.1 Å². The van der Waals surface area contributed by atoms with Crippen LogP contribution in [0.25, 0.3) is 0 Å². The molecule has 0 bridgehead atoms. The lowest BCUT2D eigenvalue weighted by atomic mass is 10.1. The number of benzene rings is 1. The van der Waals surface area contributed by atoms with Gasteiger partial charge in [-0.05, 0) is 44.1 Å². The van der Waals surface area contributed by atoms with Gasteiger partial charge in [-0.1, -0.05) is 6.92 Å². The topological polar surface area (TPSA) is 77.4 Å². The van der Waals surface area contributed by atoms with E-state index in [9.17, 15) is 4.79 Å². The molecule has 1 saturated heterocycles. The Morgan fingerprint density at radius 1 is 1.55 bits per heavy atom. The van der Waals surface area contributed by atoms with Gasteiger partial charge in [0.05, 0.1) is 12.7 Å². The third-order valence-corrected chi connectivity index (χ3v) is 4.05. The molecule has 0 spiro atoms. The molecule has 2 rings (SSSR count). The number of amides is 1. The van der Waals surface area contributed by atoms with E-state index in [1.165, 1.54) is 13.5 Å². The first kappa shape index (κ1) is 16.1. The summed E-state index contributed by atoms with van der Waals surface area (Å²) >= 11 is 0. The van der Waals surface area contributed by atoms with Crippen LogP contribution in [0, 0.1) is 11.5 Å². The van der Waals surface area contributed by atoms with Gasteiger partial charge in [-0.15, -0.1) is 0 Å². The fourth-order valence-electron chi connectivity index (χ4n) is 2.88. The molecule has 1 atom stereocenters. The van der Waals surface area contributed by atoms with Crippen LogP contribution in [0.15, 0.2) is 18.2 Å². The second-order valence-electron chi connectivity index (χ2n) is 5.29. The Balaban J connectivity index is 2.05. The molecule has 0 aliphatic carbocycles. The first-order valence-corrected chi connectivity index (χ1v) is 7.55. The number of nitrogens with zero attached hydrogens (tertiary/aromatic N) is 2. The number of methoxy groups -OCH3 is 1. The lowest BCUT2D eigenvalue weighted by molar-refractivity contribution is 0.0938. The largest absolute Gasteiger partial charge is 0.496 e. The highest BCUT2D eigenvalue weighted by atomic mass is 16.5. The first-order chi connectivity index (χ1) is 10.7. The molecule has 0 aromatic heterocycles. The number of ether oxygens (including phenoxy) is 1. The van der Waals surface area contributed by atoms with Gasteiger partial charge in [0.15, 0.2) is 6.19 Å². The zero-order valence-electron chi connectivity index (χ0n) is 13.1. The molecular formula is C16H22N4O2. The van der Waals surface area contributed by atoms with E-state index < -0.39 is 0 Å². The fourth-order valence-corrected chi connectivity index (χ4v) is 2.88. The molecule has 118 valence electrons. The van der Waals surface area contributed by atoms with Crippen LogP contribution in [0.4, 0.5) is 5.69 Å². The number of hydrogen-bond acceptors (Lipinski definition) is 5. The molecule has 1 aromatic rings. The molecule has 1 fully saturated rings. The van der Waals surface area contributed by atoms with Crippen LogP contribution in [-0.2, 0) is 0 Å². The molecule has 2 N–H and O–H groups in total. The molecule has 22 heavy (non-hydrogen) atoms. The van der Waals surface area contributed by atoms with Gasteiger partial charge in [-0.3, -0.25) is 15.0 Å². The lowest BCUT2D eigenvalue weighted by Gasteiger charge is -2.23. The minimum atomic E-state index is -0.179. The van der Waals surface area contributed by atoms with Gasteiger partial charge in [0, 0.05) is 18.3 Å². The summed E-state index contributed by atoms with van der Waals surface area (Å²) in [5, 5.41) is 14.2. The third kappa shape index (κ3) is 3.68. The van der Waals surface area contributed by atoms with Crippen LogP contribution < -0.4 is 15.4 Å². The number of likely N-dealkylation sites (tertiary alicyclic amines) is 1. The number of carbonyl (C=O) groups is 1. The zero-order valence-corrected chi connectivity index (χ0v) is 13.1. The number of nitriles is 1. The van der Waals surface area contributed by atoms with Crippen molar-refractivity contribution in [3.8, 4) is 11.9 Å². The summed E-state index contributed by atoms with van der Waals surface area (Å²) in [6, 6.07) is 5.42. The Labute approximate surface area is 131 Å². The lowest BCUT2D eigenvalue weighted by Crippen LogP contribution is -2.40. The molecule has 0 radical (unpaired) electrons. The van der Waals surface area contributed by atoms with Gasteiger partial charge in [0.25, 0.3) is 5.91 Å². The van der Waals surface area contributed by atoms with Crippen molar-refractivity contribution in [3.05, 3.63) is 23.8 Å². The summed E-state index contributed by atoms with van der Waals surface area (Å²) in [6.45, 7) is 4.87. The van der Waals surface area contributed by atoms with Crippen molar-refractivity contribution in [3.63, 3.8) is 0 Å². The number of nitrogens with one attached hydrogen (secondary N) is 2. The summed E-state index contributed by atoms with van der Waals surface area (Å²) in [4.78, 5) is 14.8. The van der Waals surface area contributed by atoms with Crippen LogP contribution in [0.2, 0.25) is 0 Å². The van der Waals surface area contributed by atoms with Crippen LogP contribution in [-0.4, -0.2) is 43.6 Å². The molecule has 1 heterocycles. The van der Waals surface area contributed by atoms with E-state index >= 15 is 0 Å². The number of rotatable bonds is 6. The van der Waals surface area contributed by atoms with Crippen molar-refractivity contribution in [2.24, 2.45) is 0 Å². The SMILES string of the molecule is CCN1CCCC1CNC(=O)c1cc(NC#N)ccc1OC. The standard InChI is InChI=1S/C16H22N4O2/c1-3-20-8-4-5-13(20)10-18-16(21)14-9-12(19-11-17)6-7-15(14)22-2/h6-7,9,13,19H,3-5,8,10H2,1-2H3,(H,18,21). The van der Waals surface area contributed by atoms with Gasteiger partial charge in [-0.2, -0.15) is 5.26 Å². The molecule has 6 nitrogen and oxygen atoms in total. The summed E-state index contributed by atoms with van der Waals surface area (Å²) < 4.78 is 5.23. The highest BCUT2D eigenvalue weighted by Crippen LogP contribution is 2.23. The summed E-state index contributed by atoms with van der Waals surface area (Å²) in [7, 11) is 1.53. The van der Waals surface area contributed by atoms with Crippen LogP contribution in [0.5, 0.6) is 5.75 Å². The predicted molar refractivity (Wildman–Crippen MR) is 84.8 cm³/mol. The highest BCUT2D eigenvalue weighted by molar-refractivity contribution is 5.98. The quantitative estimate of drug-likeness (QED) is 0.619. The van der Waals surface area contributed by atoms with Gasteiger partial charge >= 0.3 is 0 Å². The zero-order chi connectivity index (χ0) is 15.9. The molecule has 1 aliphatic rings. The second kappa shape index (κ2) is 7.66. The van der Waals surface area contributed by atoms with Crippen molar-refractivity contribution in [1.82, 2.24) is 10.2 Å². The molecular weight excluding hydrogens is 280 g/mol. The van der Waals surface area contributed by atoms with Crippen LogP contribution >= 0.6 is 0 Å². The van der Waals surface area contributed by atoms with E-state index in [1.807, 2.05) is 6.19 Å². The van der Waals surface area contributed by atoms with E-state index in [2.05, 4.69) is 22.5 Å². The molecule has 0 saturated carbocycles. The van der Waals surface area contributed by atoms with Gasteiger partial charge in [0.2, 0.25) is 0 Å². The minimum Gasteiger partial charge on any atom is -0.496 e. The molecule has 1 aromatic carbocycles. The average molecular weight is 302 g/mol. The number of anilines is 1. The normalized spacial score (nSPS) is 17.8. The Kier molecular flexibility index (Phi) is 5.61. The maximum Gasteiger partial charge on any atom is 0.255 e. The maximum atomic E-state index is 12.4. The van der Waals surface area contributed by atoms with Gasteiger partial charge in [-0.25, -0.2) is 0 Å². The first-order valence-electron chi connectivity index (χ1n) is 7.55. The summed E-state index contributed by atoms with van der Waals surface area (Å²) in [5.74, 6) is 0.321. The monoisotopic (exact) mass is 302 g/mol. The van der Waals surface area contributed by atoms with Crippen molar-refractivity contribution in [2.75, 3.05) is 32.1 Å². The molecule has 1 amide bonds. The van der Waals surface area contributed by atoms with Crippen molar-refractivity contribution < 1.29 is 9.53 Å². The Bertz CT molecular complexity index is 568. The van der Waals surface area contributed by atoms with E-state index in [0.29, 0.717) is 29.6 Å². The van der Waals surface area contributed by atoms with E-state index in [1.54, 1.807) is 18.2 Å².